The number of likely N-dealkylation sites (N-methyl/N-ethyl adjacent to an activating group) is 1. The van der Waals surface area contributed by atoms with Gasteiger partial charge in [-0.2, -0.15) is 0 Å². The van der Waals surface area contributed by atoms with Crippen molar-refractivity contribution in [2.75, 3.05) is 33.8 Å². The molecule has 18 heavy (non-hydrogen) atoms. The van der Waals surface area contributed by atoms with Crippen molar-refractivity contribution in [2.45, 2.75) is 12.5 Å². The van der Waals surface area contributed by atoms with Crippen molar-refractivity contribution in [2.24, 2.45) is 0 Å². The number of nitrogens with one attached hydrogen (secondary N) is 1. The van der Waals surface area contributed by atoms with Crippen LogP contribution in [-0.2, 0) is 5.54 Å². The van der Waals surface area contributed by atoms with Gasteiger partial charge in [0.05, 0.1) is 12.1 Å². The third-order valence-electron chi connectivity index (χ3n) is 2.92. The van der Waals surface area contributed by atoms with Gasteiger partial charge in [-0.05, 0) is 38.7 Å². The summed E-state index contributed by atoms with van der Waals surface area (Å²) >= 11 is 6.03. The normalized spacial score (nSPS) is 14.8. The van der Waals surface area contributed by atoms with E-state index in [1.165, 1.54) is 12.1 Å². The Morgan fingerprint density at radius 1 is 1.44 bits per heavy atom. The van der Waals surface area contributed by atoms with E-state index in [-0.39, 0.29) is 12.4 Å². The van der Waals surface area contributed by atoms with Crippen LogP contribution in [0.4, 0.5) is 4.39 Å². The smallest absolute Gasteiger partial charge is 0.124 e. The molecule has 2 N–H and O–H groups in total. The van der Waals surface area contributed by atoms with E-state index in [4.69, 9.17) is 11.6 Å². The van der Waals surface area contributed by atoms with Gasteiger partial charge in [0.15, 0.2) is 0 Å². The minimum atomic E-state index is -0.666. The molecule has 0 radical (unpaired) electrons. The first kappa shape index (κ1) is 15.4. The van der Waals surface area contributed by atoms with Crippen molar-refractivity contribution in [3.8, 4) is 0 Å². The van der Waals surface area contributed by atoms with Crippen LogP contribution in [0.2, 0.25) is 5.02 Å². The van der Waals surface area contributed by atoms with Gasteiger partial charge in [0.25, 0.3) is 0 Å². The highest BCUT2D eigenvalue weighted by atomic mass is 35.5. The topological polar surface area (TPSA) is 35.5 Å². The molecule has 0 saturated carbocycles. The zero-order valence-electron chi connectivity index (χ0n) is 11.0. The van der Waals surface area contributed by atoms with Crippen LogP contribution in [0, 0.1) is 5.82 Å². The third-order valence-corrected chi connectivity index (χ3v) is 3.23. The molecule has 1 aromatic carbocycles. The summed E-state index contributed by atoms with van der Waals surface area (Å²) in [5.74, 6) is -0.377. The number of nitrogens with zero attached hydrogens (tertiary/aromatic N) is 1. The molecule has 1 rings (SSSR count). The van der Waals surface area contributed by atoms with E-state index in [9.17, 15) is 9.50 Å². The van der Waals surface area contributed by atoms with Crippen LogP contribution < -0.4 is 5.32 Å². The summed E-state index contributed by atoms with van der Waals surface area (Å²) < 4.78 is 13.0. The molecule has 0 fully saturated rings. The Kier molecular flexibility index (Phi) is 5.53. The summed E-state index contributed by atoms with van der Waals surface area (Å²) in [4.78, 5) is 2.04. The third kappa shape index (κ3) is 3.92. The SMILES string of the molecule is CN(C)CCNC(C)(CO)c1ccc(F)cc1Cl. The number of hydrogen-bond acceptors (Lipinski definition) is 3. The van der Waals surface area contributed by atoms with Crippen molar-refractivity contribution >= 4 is 11.6 Å². The Hall–Kier alpha value is -0.680. The zero-order chi connectivity index (χ0) is 13.8. The first-order valence-electron chi connectivity index (χ1n) is 5.85. The van der Waals surface area contributed by atoms with E-state index >= 15 is 0 Å². The maximum Gasteiger partial charge on any atom is 0.124 e. The maximum absolute atomic E-state index is 13.0. The molecule has 0 saturated heterocycles. The Labute approximate surface area is 113 Å². The highest BCUT2D eigenvalue weighted by Gasteiger charge is 2.27. The molecule has 102 valence electrons. The fourth-order valence-corrected chi connectivity index (χ4v) is 2.10. The van der Waals surface area contributed by atoms with Crippen LogP contribution in [0.25, 0.3) is 0 Å². The van der Waals surface area contributed by atoms with Crippen LogP contribution in [0.5, 0.6) is 0 Å². The molecule has 3 nitrogen and oxygen atoms in total. The van der Waals surface area contributed by atoms with E-state index in [1.54, 1.807) is 6.07 Å². The molecule has 1 aromatic rings. The number of hydrogen-bond donors (Lipinski definition) is 2. The second-order valence-electron chi connectivity index (χ2n) is 4.84. The summed E-state index contributed by atoms with van der Waals surface area (Å²) in [6.45, 7) is 3.29. The van der Waals surface area contributed by atoms with E-state index in [1.807, 2.05) is 25.9 Å². The molecule has 0 heterocycles. The van der Waals surface area contributed by atoms with Crippen LogP contribution in [0.1, 0.15) is 12.5 Å². The van der Waals surface area contributed by atoms with E-state index in [0.29, 0.717) is 17.1 Å². The molecule has 0 aromatic heterocycles. The van der Waals surface area contributed by atoms with Gasteiger partial charge < -0.3 is 15.3 Å². The van der Waals surface area contributed by atoms with Crippen LogP contribution in [0.3, 0.4) is 0 Å². The highest BCUT2D eigenvalue weighted by molar-refractivity contribution is 6.31. The highest BCUT2D eigenvalue weighted by Crippen LogP contribution is 2.28. The second-order valence-corrected chi connectivity index (χ2v) is 5.25. The molecule has 0 aliphatic heterocycles. The minimum Gasteiger partial charge on any atom is -0.394 e. The van der Waals surface area contributed by atoms with Gasteiger partial charge in [-0.3, -0.25) is 0 Å². The van der Waals surface area contributed by atoms with E-state index in [2.05, 4.69) is 5.32 Å². The van der Waals surface area contributed by atoms with Crippen molar-refractivity contribution in [3.63, 3.8) is 0 Å². The quantitative estimate of drug-likeness (QED) is 0.831. The molecule has 0 aliphatic rings. The Bertz CT molecular complexity index is 401. The predicted molar refractivity (Wildman–Crippen MR) is 72.4 cm³/mol. The number of halogens is 2. The standard InChI is InChI=1S/C13H20ClFN2O/c1-13(9-18,16-6-7-17(2)3)11-5-4-10(15)8-12(11)14/h4-5,8,16,18H,6-7,9H2,1-3H3. The van der Waals surface area contributed by atoms with Gasteiger partial charge in [-0.1, -0.05) is 17.7 Å². The summed E-state index contributed by atoms with van der Waals surface area (Å²) in [6, 6.07) is 4.22. The van der Waals surface area contributed by atoms with Gasteiger partial charge in [0.2, 0.25) is 0 Å². The van der Waals surface area contributed by atoms with Crippen LogP contribution in [0.15, 0.2) is 18.2 Å². The minimum absolute atomic E-state index is 0.105. The fraction of sp³-hybridized carbons (Fsp3) is 0.538. The lowest BCUT2D eigenvalue weighted by atomic mass is 9.92. The predicted octanol–water partition coefficient (Wildman–Crippen LogP) is 1.84. The number of aliphatic hydroxyl groups is 1. The molecule has 0 aliphatic carbocycles. The lowest BCUT2D eigenvalue weighted by Gasteiger charge is -2.31. The first-order valence-corrected chi connectivity index (χ1v) is 6.23. The number of benzene rings is 1. The Balaban J connectivity index is 2.85. The van der Waals surface area contributed by atoms with Crippen LogP contribution in [-0.4, -0.2) is 43.8 Å². The van der Waals surface area contributed by atoms with Gasteiger partial charge >= 0.3 is 0 Å². The summed E-state index contributed by atoms with van der Waals surface area (Å²) in [5.41, 5.74) is 0.0349. The summed E-state index contributed by atoms with van der Waals surface area (Å²) in [7, 11) is 3.95. The molecular formula is C13H20ClFN2O. The molecular weight excluding hydrogens is 255 g/mol. The molecule has 0 spiro atoms. The Morgan fingerprint density at radius 2 is 2.11 bits per heavy atom. The van der Waals surface area contributed by atoms with Crippen molar-refractivity contribution in [3.05, 3.63) is 34.6 Å². The zero-order valence-corrected chi connectivity index (χ0v) is 11.8. The first-order chi connectivity index (χ1) is 8.39. The second kappa shape index (κ2) is 6.48. The van der Waals surface area contributed by atoms with Crippen LogP contribution >= 0.6 is 11.6 Å². The van der Waals surface area contributed by atoms with Crippen molar-refractivity contribution in [1.82, 2.24) is 10.2 Å². The van der Waals surface area contributed by atoms with E-state index < -0.39 is 5.54 Å². The molecule has 0 amide bonds. The lowest BCUT2D eigenvalue weighted by Crippen LogP contribution is -2.45. The molecule has 1 atom stereocenters. The van der Waals surface area contributed by atoms with Gasteiger partial charge in [-0.15, -0.1) is 0 Å². The number of aliphatic hydroxyl groups excluding tert-OH is 1. The van der Waals surface area contributed by atoms with Crippen molar-refractivity contribution in [1.29, 1.82) is 0 Å². The summed E-state index contributed by atoms with van der Waals surface area (Å²) in [5, 5.41) is 13.1. The fourth-order valence-electron chi connectivity index (χ4n) is 1.73. The monoisotopic (exact) mass is 274 g/mol. The Morgan fingerprint density at radius 3 is 2.61 bits per heavy atom. The molecule has 1 unspecified atom stereocenters. The average molecular weight is 275 g/mol. The van der Waals surface area contributed by atoms with E-state index in [0.717, 1.165) is 6.54 Å². The largest absolute Gasteiger partial charge is 0.394 e. The van der Waals surface area contributed by atoms with Gasteiger partial charge in [-0.25, -0.2) is 4.39 Å². The summed E-state index contributed by atoms with van der Waals surface area (Å²) in [6.07, 6.45) is 0. The average Bonchev–Trinajstić information content (AvgIpc) is 2.28. The maximum atomic E-state index is 13.0. The van der Waals surface area contributed by atoms with Crippen molar-refractivity contribution < 1.29 is 9.50 Å². The number of rotatable bonds is 6. The van der Waals surface area contributed by atoms with Gasteiger partial charge in [0, 0.05) is 18.1 Å². The lowest BCUT2D eigenvalue weighted by molar-refractivity contribution is 0.172. The van der Waals surface area contributed by atoms with Gasteiger partial charge in [0.1, 0.15) is 5.82 Å². The molecule has 0 bridgehead atoms. The molecule has 5 heteroatoms.